The molecule has 0 bridgehead atoms. The summed E-state index contributed by atoms with van der Waals surface area (Å²) in [5, 5.41) is 9.83. The number of carboxylic acid groups (broad SMARTS) is 1. The van der Waals surface area contributed by atoms with Gasteiger partial charge in [0.1, 0.15) is 11.5 Å². The fourth-order valence-corrected chi connectivity index (χ4v) is 2.32. The lowest BCUT2D eigenvalue weighted by atomic mass is 10.2. The van der Waals surface area contributed by atoms with Gasteiger partial charge in [0.15, 0.2) is 0 Å². The zero-order chi connectivity index (χ0) is 15.4. The van der Waals surface area contributed by atoms with Crippen molar-refractivity contribution in [3.8, 4) is 11.5 Å². The van der Waals surface area contributed by atoms with E-state index in [0.717, 1.165) is 6.08 Å². The maximum absolute atomic E-state index is 10.5. The molecule has 1 N–H and O–H groups in total. The molecule has 0 amide bonds. The quantitative estimate of drug-likeness (QED) is 0.742. The first kappa shape index (κ1) is 15.7. The van der Waals surface area contributed by atoms with Crippen molar-refractivity contribution in [3.63, 3.8) is 0 Å². The summed E-state index contributed by atoms with van der Waals surface area (Å²) in [5.74, 6) is -0.147. The number of carbonyl (C=O) groups is 1. The smallest absolute Gasteiger partial charge is 0.328 e. The third-order valence-corrected chi connectivity index (χ3v) is 3.17. The minimum absolute atomic E-state index is 0.346. The van der Waals surface area contributed by atoms with Gasteiger partial charge in [-0.1, -0.05) is 40.9 Å². The molecule has 0 atom stereocenters. The van der Waals surface area contributed by atoms with Crippen LogP contribution in [0, 0.1) is 0 Å². The molecule has 2 aromatic rings. The number of hydrogen-bond donors (Lipinski definition) is 1. The Kier molecular flexibility index (Phi) is 5.12. The number of halogens is 3. The molecule has 2 rings (SSSR count). The minimum Gasteiger partial charge on any atom is -0.478 e. The average Bonchev–Trinajstić information content (AvgIpc) is 2.38. The van der Waals surface area contributed by atoms with E-state index in [1.807, 2.05) is 0 Å². The molecule has 3 nitrogen and oxygen atoms in total. The van der Waals surface area contributed by atoms with Gasteiger partial charge in [0.25, 0.3) is 0 Å². The maximum Gasteiger partial charge on any atom is 0.328 e. The largest absolute Gasteiger partial charge is 0.478 e. The van der Waals surface area contributed by atoms with Gasteiger partial charge in [0.2, 0.25) is 0 Å². The van der Waals surface area contributed by atoms with Gasteiger partial charge in [0.05, 0.1) is 5.02 Å². The van der Waals surface area contributed by atoms with E-state index in [4.69, 9.17) is 44.6 Å². The predicted molar refractivity (Wildman–Crippen MR) is 84.7 cm³/mol. The molecule has 0 fully saturated rings. The molecule has 0 spiro atoms. The van der Waals surface area contributed by atoms with Crippen LogP contribution in [0.15, 0.2) is 42.5 Å². The van der Waals surface area contributed by atoms with Gasteiger partial charge in [-0.15, -0.1) is 0 Å². The number of aliphatic carboxylic acids is 1. The highest BCUT2D eigenvalue weighted by Crippen LogP contribution is 2.33. The SMILES string of the molecule is O=C(O)/C=C/c1ccc(Oc2cc(Cl)cc(Cl)c2)c(Cl)c1. The van der Waals surface area contributed by atoms with Crippen LogP contribution in [-0.2, 0) is 4.79 Å². The Morgan fingerprint density at radius 1 is 1.05 bits per heavy atom. The van der Waals surface area contributed by atoms with E-state index < -0.39 is 5.97 Å². The summed E-state index contributed by atoms with van der Waals surface area (Å²) >= 11 is 17.9. The van der Waals surface area contributed by atoms with Crippen LogP contribution in [0.2, 0.25) is 15.1 Å². The molecule has 0 saturated heterocycles. The zero-order valence-electron chi connectivity index (χ0n) is 10.5. The van der Waals surface area contributed by atoms with Crippen LogP contribution in [0.1, 0.15) is 5.56 Å². The van der Waals surface area contributed by atoms with E-state index in [1.54, 1.807) is 36.4 Å². The fraction of sp³-hybridized carbons (Fsp3) is 0. The normalized spacial score (nSPS) is 10.8. The molecule has 0 aliphatic rings. The standard InChI is InChI=1S/C15H9Cl3O3/c16-10-6-11(17)8-12(7-10)21-14-3-1-9(5-13(14)18)2-4-15(19)20/h1-8H,(H,19,20)/b4-2+. The summed E-state index contributed by atoms with van der Waals surface area (Å²) in [7, 11) is 0. The molecule has 0 heterocycles. The minimum atomic E-state index is -1.03. The van der Waals surface area contributed by atoms with Crippen molar-refractivity contribution >= 4 is 46.8 Å². The van der Waals surface area contributed by atoms with E-state index >= 15 is 0 Å². The number of ether oxygens (including phenoxy) is 1. The first-order valence-electron chi connectivity index (χ1n) is 5.78. The van der Waals surface area contributed by atoms with Crippen LogP contribution in [0.4, 0.5) is 0 Å². The molecular formula is C15H9Cl3O3. The lowest BCUT2D eigenvalue weighted by Crippen LogP contribution is -1.88. The van der Waals surface area contributed by atoms with Crippen LogP contribution in [0.3, 0.4) is 0 Å². The Morgan fingerprint density at radius 3 is 2.29 bits per heavy atom. The van der Waals surface area contributed by atoms with Crippen molar-refractivity contribution in [3.05, 3.63) is 63.1 Å². The average molecular weight is 344 g/mol. The van der Waals surface area contributed by atoms with E-state index in [0.29, 0.717) is 32.1 Å². The van der Waals surface area contributed by atoms with Gasteiger partial charge in [-0.3, -0.25) is 0 Å². The second-order valence-electron chi connectivity index (χ2n) is 4.07. The number of carboxylic acids is 1. The van der Waals surface area contributed by atoms with Crippen LogP contribution >= 0.6 is 34.8 Å². The van der Waals surface area contributed by atoms with E-state index in [1.165, 1.54) is 6.08 Å². The first-order chi connectivity index (χ1) is 9.94. The molecule has 2 aromatic carbocycles. The summed E-state index contributed by atoms with van der Waals surface area (Å²) < 4.78 is 5.61. The van der Waals surface area contributed by atoms with Gasteiger partial charge >= 0.3 is 5.97 Å². The van der Waals surface area contributed by atoms with Crippen molar-refractivity contribution in [1.29, 1.82) is 0 Å². The van der Waals surface area contributed by atoms with Gasteiger partial charge in [0, 0.05) is 16.1 Å². The van der Waals surface area contributed by atoms with E-state index in [9.17, 15) is 4.79 Å². The summed E-state index contributed by atoms with van der Waals surface area (Å²) in [6.07, 6.45) is 2.47. The Balaban J connectivity index is 2.23. The van der Waals surface area contributed by atoms with Crippen molar-refractivity contribution in [2.24, 2.45) is 0 Å². The molecule has 0 saturated carbocycles. The molecule has 21 heavy (non-hydrogen) atoms. The van der Waals surface area contributed by atoms with Crippen LogP contribution in [-0.4, -0.2) is 11.1 Å². The van der Waals surface area contributed by atoms with Crippen LogP contribution in [0.5, 0.6) is 11.5 Å². The fourth-order valence-electron chi connectivity index (χ4n) is 1.59. The third-order valence-electron chi connectivity index (χ3n) is 2.44. The number of benzene rings is 2. The summed E-state index contributed by atoms with van der Waals surface area (Å²) in [6.45, 7) is 0. The lowest BCUT2D eigenvalue weighted by Gasteiger charge is -2.09. The molecule has 0 unspecified atom stereocenters. The highest BCUT2D eigenvalue weighted by atomic mass is 35.5. The van der Waals surface area contributed by atoms with Gasteiger partial charge in [-0.05, 0) is 42.0 Å². The highest BCUT2D eigenvalue weighted by Gasteiger charge is 2.06. The summed E-state index contributed by atoms with van der Waals surface area (Å²) in [4.78, 5) is 10.5. The molecular weight excluding hydrogens is 335 g/mol. The molecule has 0 aromatic heterocycles. The van der Waals surface area contributed by atoms with Crippen molar-refractivity contribution in [2.45, 2.75) is 0 Å². The van der Waals surface area contributed by atoms with Gasteiger partial charge in [-0.25, -0.2) is 4.79 Å². The lowest BCUT2D eigenvalue weighted by molar-refractivity contribution is -0.131. The Hall–Kier alpha value is -1.68. The van der Waals surface area contributed by atoms with Crippen LogP contribution < -0.4 is 4.74 Å². The number of hydrogen-bond acceptors (Lipinski definition) is 2. The van der Waals surface area contributed by atoms with Crippen molar-refractivity contribution in [2.75, 3.05) is 0 Å². The Bertz CT molecular complexity index is 691. The third kappa shape index (κ3) is 4.67. The second-order valence-corrected chi connectivity index (χ2v) is 5.35. The van der Waals surface area contributed by atoms with Crippen LogP contribution in [0.25, 0.3) is 6.08 Å². The molecule has 6 heteroatoms. The first-order valence-corrected chi connectivity index (χ1v) is 6.92. The Labute approximate surface area is 136 Å². The Morgan fingerprint density at radius 2 is 1.71 bits per heavy atom. The maximum atomic E-state index is 10.5. The number of rotatable bonds is 4. The molecule has 0 aliphatic heterocycles. The van der Waals surface area contributed by atoms with Gasteiger partial charge < -0.3 is 9.84 Å². The summed E-state index contributed by atoms with van der Waals surface area (Å²) in [5.41, 5.74) is 0.652. The summed E-state index contributed by atoms with van der Waals surface area (Å²) in [6, 6.07) is 9.75. The molecule has 0 aliphatic carbocycles. The molecule has 0 radical (unpaired) electrons. The predicted octanol–water partition coefficient (Wildman–Crippen LogP) is 5.54. The zero-order valence-corrected chi connectivity index (χ0v) is 12.8. The van der Waals surface area contributed by atoms with Crippen molar-refractivity contribution < 1.29 is 14.6 Å². The van der Waals surface area contributed by atoms with Gasteiger partial charge in [-0.2, -0.15) is 0 Å². The van der Waals surface area contributed by atoms with E-state index in [2.05, 4.69) is 0 Å². The molecule has 108 valence electrons. The highest BCUT2D eigenvalue weighted by molar-refractivity contribution is 6.35. The second kappa shape index (κ2) is 6.85. The monoisotopic (exact) mass is 342 g/mol. The van der Waals surface area contributed by atoms with E-state index in [-0.39, 0.29) is 0 Å². The van der Waals surface area contributed by atoms with Crippen molar-refractivity contribution in [1.82, 2.24) is 0 Å². The topological polar surface area (TPSA) is 46.5 Å².